The van der Waals surface area contributed by atoms with Crippen LogP contribution in [-0.2, 0) is 4.79 Å². The van der Waals surface area contributed by atoms with Gasteiger partial charge in [-0.05, 0) is 13.0 Å². The Kier molecular flexibility index (Phi) is 4.38. The van der Waals surface area contributed by atoms with Gasteiger partial charge in [-0.3, -0.25) is 4.79 Å². The first kappa shape index (κ1) is 12.4. The third-order valence-corrected chi connectivity index (χ3v) is 3.32. The smallest absolute Gasteiger partial charge is 0.277 e. The molecule has 0 radical (unpaired) electrons. The van der Waals surface area contributed by atoms with Gasteiger partial charge in [0.2, 0.25) is 11.8 Å². The van der Waals surface area contributed by atoms with Crippen LogP contribution in [0.2, 0.25) is 0 Å². The highest BCUT2D eigenvalue weighted by Crippen LogP contribution is 2.16. The molecular weight excluding hydrogens is 240 g/mol. The summed E-state index contributed by atoms with van der Waals surface area (Å²) in [6.45, 7) is 5.20. The molecule has 7 heteroatoms. The SMILES string of the molecule is Cc1nnc(SCC(=O)N2CCCNCC2)o1. The Balaban J connectivity index is 1.79. The second kappa shape index (κ2) is 6.02. The van der Waals surface area contributed by atoms with E-state index in [0.29, 0.717) is 16.9 Å². The van der Waals surface area contributed by atoms with Gasteiger partial charge in [0.1, 0.15) is 0 Å². The molecular formula is C10H16N4O2S. The Bertz CT molecular complexity index is 374. The van der Waals surface area contributed by atoms with E-state index in [0.717, 1.165) is 32.6 Å². The molecule has 0 saturated carbocycles. The van der Waals surface area contributed by atoms with Gasteiger partial charge in [0.25, 0.3) is 5.22 Å². The summed E-state index contributed by atoms with van der Waals surface area (Å²) < 4.78 is 5.20. The molecule has 1 aliphatic heterocycles. The van der Waals surface area contributed by atoms with Crippen LogP contribution in [0, 0.1) is 6.92 Å². The maximum absolute atomic E-state index is 11.9. The second-order valence-corrected chi connectivity index (χ2v) is 4.79. The summed E-state index contributed by atoms with van der Waals surface area (Å²) in [4.78, 5) is 13.8. The molecule has 1 aromatic rings. The quantitative estimate of drug-likeness (QED) is 0.784. The zero-order valence-corrected chi connectivity index (χ0v) is 10.6. The maximum Gasteiger partial charge on any atom is 0.277 e. The van der Waals surface area contributed by atoms with Crippen LogP contribution in [0.4, 0.5) is 0 Å². The summed E-state index contributed by atoms with van der Waals surface area (Å²) in [7, 11) is 0. The van der Waals surface area contributed by atoms with E-state index in [-0.39, 0.29) is 5.91 Å². The Labute approximate surface area is 104 Å². The van der Waals surface area contributed by atoms with E-state index in [1.54, 1.807) is 6.92 Å². The molecule has 6 nitrogen and oxygen atoms in total. The lowest BCUT2D eigenvalue weighted by molar-refractivity contribution is -0.128. The lowest BCUT2D eigenvalue weighted by Crippen LogP contribution is -2.35. The molecule has 0 aromatic carbocycles. The first-order valence-electron chi connectivity index (χ1n) is 5.67. The van der Waals surface area contributed by atoms with Crippen molar-refractivity contribution in [2.75, 3.05) is 31.9 Å². The number of amides is 1. The predicted octanol–water partition coefficient (Wildman–Crippen LogP) is 0.292. The highest BCUT2D eigenvalue weighted by atomic mass is 32.2. The highest BCUT2D eigenvalue weighted by Gasteiger charge is 2.16. The lowest BCUT2D eigenvalue weighted by atomic mass is 10.4. The van der Waals surface area contributed by atoms with Gasteiger partial charge in [-0.15, -0.1) is 10.2 Å². The number of nitrogens with zero attached hydrogens (tertiary/aromatic N) is 3. The van der Waals surface area contributed by atoms with Crippen molar-refractivity contribution in [1.29, 1.82) is 0 Å². The Morgan fingerprint density at radius 1 is 1.47 bits per heavy atom. The van der Waals surface area contributed by atoms with E-state index in [1.165, 1.54) is 11.8 Å². The molecule has 17 heavy (non-hydrogen) atoms. The minimum absolute atomic E-state index is 0.134. The Morgan fingerprint density at radius 2 is 2.35 bits per heavy atom. The molecule has 2 heterocycles. The summed E-state index contributed by atoms with van der Waals surface area (Å²) in [5.41, 5.74) is 0. The van der Waals surface area contributed by atoms with Gasteiger partial charge in [0.15, 0.2) is 0 Å². The summed E-state index contributed by atoms with van der Waals surface area (Å²) >= 11 is 1.30. The number of aryl methyl sites for hydroxylation is 1. The number of rotatable bonds is 3. The summed E-state index contributed by atoms with van der Waals surface area (Å²) in [5, 5.41) is 11.3. The van der Waals surface area contributed by atoms with Crippen molar-refractivity contribution in [1.82, 2.24) is 20.4 Å². The molecule has 1 amide bonds. The molecule has 1 N–H and O–H groups in total. The number of hydrogen-bond donors (Lipinski definition) is 1. The summed E-state index contributed by atoms with van der Waals surface area (Å²) in [6.07, 6.45) is 1.01. The van der Waals surface area contributed by atoms with E-state index in [9.17, 15) is 4.79 Å². The van der Waals surface area contributed by atoms with Crippen molar-refractivity contribution in [3.63, 3.8) is 0 Å². The maximum atomic E-state index is 11.9. The molecule has 0 atom stereocenters. The largest absolute Gasteiger partial charge is 0.416 e. The standard InChI is InChI=1S/C10H16N4O2S/c1-8-12-13-10(16-8)17-7-9(15)14-5-2-3-11-4-6-14/h11H,2-7H2,1H3. The highest BCUT2D eigenvalue weighted by molar-refractivity contribution is 7.99. The van der Waals surface area contributed by atoms with Gasteiger partial charge in [-0.25, -0.2) is 0 Å². The van der Waals surface area contributed by atoms with E-state index < -0.39 is 0 Å². The van der Waals surface area contributed by atoms with Crippen molar-refractivity contribution >= 4 is 17.7 Å². The number of carbonyl (C=O) groups excluding carboxylic acids is 1. The van der Waals surface area contributed by atoms with Crippen LogP contribution >= 0.6 is 11.8 Å². The Hall–Kier alpha value is -1.08. The fraction of sp³-hybridized carbons (Fsp3) is 0.700. The molecule has 1 saturated heterocycles. The molecule has 94 valence electrons. The number of aromatic nitrogens is 2. The lowest BCUT2D eigenvalue weighted by Gasteiger charge is -2.19. The molecule has 0 aliphatic carbocycles. The predicted molar refractivity (Wildman–Crippen MR) is 63.8 cm³/mol. The molecule has 1 aromatic heterocycles. The molecule has 0 unspecified atom stereocenters. The topological polar surface area (TPSA) is 71.3 Å². The molecule has 0 bridgehead atoms. The minimum Gasteiger partial charge on any atom is -0.416 e. The summed E-state index contributed by atoms with van der Waals surface area (Å²) in [6, 6.07) is 0. The van der Waals surface area contributed by atoms with Gasteiger partial charge in [0.05, 0.1) is 5.75 Å². The van der Waals surface area contributed by atoms with Crippen molar-refractivity contribution in [3.05, 3.63) is 5.89 Å². The Morgan fingerprint density at radius 3 is 3.12 bits per heavy atom. The first-order chi connectivity index (χ1) is 8.25. The molecule has 1 fully saturated rings. The van der Waals surface area contributed by atoms with E-state index in [2.05, 4.69) is 15.5 Å². The fourth-order valence-electron chi connectivity index (χ4n) is 1.65. The first-order valence-corrected chi connectivity index (χ1v) is 6.65. The number of nitrogens with one attached hydrogen (secondary N) is 1. The minimum atomic E-state index is 0.134. The fourth-order valence-corrected chi connectivity index (χ4v) is 2.35. The van der Waals surface area contributed by atoms with E-state index in [1.807, 2.05) is 4.90 Å². The van der Waals surface area contributed by atoms with Crippen molar-refractivity contribution in [2.24, 2.45) is 0 Å². The second-order valence-electron chi connectivity index (χ2n) is 3.86. The average Bonchev–Trinajstić information content (AvgIpc) is 2.58. The monoisotopic (exact) mass is 256 g/mol. The van der Waals surface area contributed by atoms with Crippen LogP contribution in [-0.4, -0.2) is 52.9 Å². The van der Waals surface area contributed by atoms with Crippen molar-refractivity contribution < 1.29 is 9.21 Å². The molecule has 2 rings (SSSR count). The van der Waals surface area contributed by atoms with Crippen molar-refractivity contribution in [3.8, 4) is 0 Å². The summed E-state index contributed by atoms with van der Waals surface area (Å²) in [5.74, 6) is 1.02. The van der Waals surface area contributed by atoms with Gasteiger partial charge < -0.3 is 14.6 Å². The van der Waals surface area contributed by atoms with Crippen LogP contribution in [0.5, 0.6) is 0 Å². The van der Waals surface area contributed by atoms with Crippen LogP contribution in [0.25, 0.3) is 0 Å². The third-order valence-electron chi connectivity index (χ3n) is 2.52. The van der Waals surface area contributed by atoms with Crippen LogP contribution in [0.15, 0.2) is 9.64 Å². The number of carbonyl (C=O) groups is 1. The number of thioether (sulfide) groups is 1. The van der Waals surface area contributed by atoms with Crippen LogP contribution in [0.1, 0.15) is 12.3 Å². The van der Waals surface area contributed by atoms with E-state index in [4.69, 9.17) is 4.42 Å². The molecule has 1 aliphatic rings. The van der Waals surface area contributed by atoms with Crippen LogP contribution in [0.3, 0.4) is 0 Å². The molecule has 0 spiro atoms. The zero-order valence-electron chi connectivity index (χ0n) is 9.81. The number of hydrogen-bond acceptors (Lipinski definition) is 6. The van der Waals surface area contributed by atoms with Crippen LogP contribution < -0.4 is 5.32 Å². The van der Waals surface area contributed by atoms with Gasteiger partial charge in [-0.2, -0.15) is 0 Å². The van der Waals surface area contributed by atoms with Gasteiger partial charge >= 0.3 is 0 Å². The average molecular weight is 256 g/mol. The zero-order chi connectivity index (χ0) is 12.1. The van der Waals surface area contributed by atoms with E-state index >= 15 is 0 Å². The van der Waals surface area contributed by atoms with Gasteiger partial charge in [-0.1, -0.05) is 11.8 Å². The van der Waals surface area contributed by atoms with Crippen molar-refractivity contribution in [2.45, 2.75) is 18.6 Å². The van der Waals surface area contributed by atoms with Gasteiger partial charge in [0, 0.05) is 26.6 Å². The normalized spacial score (nSPS) is 16.9. The third kappa shape index (κ3) is 3.71.